The van der Waals surface area contributed by atoms with Crippen molar-refractivity contribution in [3.63, 3.8) is 0 Å². The van der Waals surface area contributed by atoms with Crippen LogP contribution in [0.3, 0.4) is 0 Å². The van der Waals surface area contributed by atoms with Crippen LogP contribution in [0.4, 0.5) is 0 Å². The molecule has 8 bridgehead atoms. The Bertz CT molecular complexity index is 2880. The van der Waals surface area contributed by atoms with E-state index in [2.05, 4.69) is 93.7 Å². The van der Waals surface area contributed by atoms with Gasteiger partial charge in [-0.1, -0.05) is 192 Å². The lowest BCUT2D eigenvalue weighted by Crippen LogP contribution is -2.44. The number of hydrogen-bond acceptors (Lipinski definition) is 8. The van der Waals surface area contributed by atoms with E-state index in [9.17, 15) is 39.6 Å². The Hall–Kier alpha value is -7.60. The summed E-state index contributed by atoms with van der Waals surface area (Å²) in [4.78, 5) is 52.8. The fourth-order valence-corrected chi connectivity index (χ4v) is 9.86. The van der Waals surface area contributed by atoms with E-state index in [-0.39, 0.29) is 60.9 Å². The minimum absolute atomic E-state index is 0.0426. The maximum absolute atomic E-state index is 13.9. The lowest BCUT2D eigenvalue weighted by atomic mass is 9.79. The largest absolute Gasteiger partial charge is 0.507 e. The van der Waals surface area contributed by atoms with Crippen LogP contribution in [0.2, 0.25) is 0 Å². The summed E-state index contributed by atoms with van der Waals surface area (Å²) < 4.78 is 13.3. The minimum Gasteiger partial charge on any atom is -0.507 e. The number of benzene rings is 6. The normalized spacial score (nSPS) is 13.7. The van der Waals surface area contributed by atoms with Gasteiger partial charge in [-0.3, -0.25) is 9.59 Å². The Labute approximate surface area is 460 Å². The van der Waals surface area contributed by atoms with Gasteiger partial charge in [0.25, 0.3) is 11.8 Å². The highest BCUT2D eigenvalue weighted by atomic mass is 16.5. The molecule has 7 rings (SSSR count). The average Bonchev–Trinajstić information content (AvgIpc) is 3.41. The number of carbonyl (C=O) groups excluding carboxylic acids is 2. The third-order valence-corrected chi connectivity index (χ3v) is 14.5. The number of carboxylic acid groups (broad SMARTS) is 2. The zero-order valence-corrected chi connectivity index (χ0v) is 47.4. The number of aromatic hydroxyl groups is 2. The van der Waals surface area contributed by atoms with Crippen LogP contribution >= 0.6 is 0 Å². The third-order valence-electron chi connectivity index (χ3n) is 14.5. The lowest BCUT2D eigenvalue weighted by molar-refractivity contribution is -0.142. The summed E-state index contributed by atoms with van der Waals surface area (Å²) in [6.07, 6.45) is 0.780. The molecule has 2 atom stereocenters. The van der Waals surface area contributed by atoms with Gasteiger partial charge >= 0.3 is 11.9 Å². The summed E-state index contributed by atoms with van der Waals surface area (Å²) in [7, 11) is 0. The Morgan fingerprint density at radius 1 is 0.423 bits per heavy atom. The molecule has 2 amide bonds. The fraction of sp³-hybridized carbons (Fsp3) is 0.394. The number of carboxylic acids is 2. The average molecular weight is 1060 g/mol. The van der Waals surface area contributed by atoms with E-state index in [0.29, 0.717) is 56.0 Å². The van der Waals surface area contributed by atoms with Crippen LogP contribution < -0.4 is 20.1 Å². The van der Waals surface area contributed by atoms with Gasteiger partial charge in [-0.2, -0.15) is 0 Å². The first-order chi connectivity index (χ1) is 36.4. The number of fused-ring (bicyclic) bond motifs is 8. The van der Waals surface area contributed by atoms with Crippen molar-refractivity contribution in [3.05, 3.63) is 187 Å². The molecule has 6 aromatic carbocycles. The fourth-order valence-electron chi connectivity index (χ4n) is 9.86. The molecule has 0 unspecified atom stereocenters. The first kappa shape index (κ1) is 58.1. The van der Waals surface area contributed by atoms with Crippen molar-refractivity contribution in [1.29, 1.82) is 0 Å². The predicted octanol–water partition coefficient (Wildman–Crippen LogP) is 11.3. The second kappa shape index (κ2) is 23.2. The van der Waals surface area contributed by atoms with Gasteiger partial charge in [0, 0.05) is 38.5 Å². The molecule has 12 heteroatoms. The van der Waals surface area contributed by atoms with Crippen LogP contribution in [0.5, 0.6) is 23.0 Å². The summed E-state index contributed by atoms with van der Waals surface area (Å²) in [5.41, 5.74) is 8.83. The van der Waals surface area contributed by atoms with E-state index in [1.54, 1.807) is 0 Å². The molecule has 412 valence electrons. The molecule has 1 aliphatic rings. The van der Waals surface area contributed by atoms with Crippen molar-refractivity contribution >= 4 is 23.8 Å². The monoisotopic (exact) mass is 1060 g/mol. The summed E-state index contributed by atoms with van der Waals surface area (Å²) in [5, 5.41) is 51.2. The van der Waals surface area contributed by atoms with Crippen molar-refractivity contribution in [1.82, 2.24) is 10.6 Å². The number of rotatable bonds is 14. The zero-order chi connectivity index (χ0) is 57.1. The van der Waals surface area contributed by atoms with Crippen LogP contribution in [0.25, 0.3) is 0 Å². The zero-order valence-electron chi connectivity index (χ0n) is 47.4. The predicted molar refractivity (Wildman–Crippen MR) is 306 cm³/mol. The van der Waals surface area contributed by atoms with Gasteiger partial charge in [-0.25, -0.2) is 9.59 Å². The first-order valence-electron chi connectivity index (χ1n) is 26.9. The molecule has 0 spiro atoms. The summed E-state index contributed by atoms with van der Waals surface area (Å²) >= 11 is 0. The number of amides is 2. The van der Waals surface area contributed by atoms with Gasteiger partial charge in [0.15, 0.2) is 13.2 Å². The quantitative estimate of drug-likeness (QED) is 0.0611. The SMILES string of the molecule is CC(C)(C)c1cc2c(O)c(c1)Cc1cc(C(C)(C)C)cc(c1OCC(=O)N[C@@H](Cc1ccccc1)C(=O)O)Cc1cc(C(C)(C)C)cc(c1O)Cc1cc(C(C)(C)C)cc(c1OCC(=O)N[C@@H](Cc1ccccc1)C(=O)O)C2. The van der Waals surface area contributed by atoms with Gasteiger partial charge < -0.3 is 40.5 Å². The molecule has 6 aromatic rings. The molecule has 0 radical (unpaired) electrons. The lowest BCUT2D eigenvalue weighted by Gasteiger charge is -2.28. The van der Waals surface area contributed by atoms with Gasteiger partial charge in [0.05, 0.1) is 0 Å². The Morgan fingerprint density at radius 2 is 0.667 bits per heavy atom. The maximum atomic E-state index is 13.9. The minimum atomic E-state index is -1.22. The molecule has 0 fully saturated rings. The second-order valence-corrected chi connectivity index (χ2v) is 25.1. The van der Waals surface area contributed by atoms with E-state index >= 15 is 0 Å². The molecule has 6 N–H and O–H groups in total. The van der Waals surface area contributed by atoms with Crippen LogP contribution in [-0.4, -0.2) is 69.5 Å². The Balaban J connectivity index is 1.43. The van der Waals surface area contributed by atoms with E-state index in [1.807, 2.05) is 109 Å². The molecule has 0 aliphatic heterocycles. The van der Waals surface area contributed by atoms with E-state index in [1.165, 1.54) is 0 Å². The van der Waals surface area contributed by atoms with E-state index in [0.717, 1.165) is 33.4 Å². The van der Waals surface area contributed by atoms with Crippen molar-refractivity contribution in [2.24, 2.45) is 0 Å². The summed E-state index contributed by atoms with van der Waals surface area (Å²) in [6, 6.07) is 31.9. The van der Waals surface area contributed by atoms with Gasteiger partial charge in [0.1, 0.15) is 35.1 Å². The van der Waals surface area contributed by atoms with Crippen molar-refractivity contribution in [2.75, 3.05) is 13.2 Å². The van der Waals surface area contributed by atoms with Gasteiger partial charge in [0.2, 0.25) is 0 Å². The van der Waals surface area contributed by atoms with Crippen LogP contribution in [0, 0.1) is 0 Å². The number of carbonyl (C=O) groups is 4. The topological polar surface area (TPSA) is 192 Å². The third kappa shape index (κ3) is 14.5. The molecular formula is C66H78N2O10. The maximum Gasteiger partial charge on any atom is 0.326 e. The molecule has 0 saturated carbocycles. The molecule has 0 heterocycles. The molecule has 12 nitrogen and oxygen atoms in total. The Kier molecular flexibility index (Phi) is 17.2. The van der Waals surface area contributed by atoms with Crippen LogP contribution in [-0.2, 0) is 79.4 Å². The molecular weight excluding hydrogens is 981 g/mol. The summed E-state index contributed by atoms with van der Waals surface area (Å²) in [5.74, 6) is -2.77. The van der Waals surface area contributed by atoms with Crippen molar-refractivity contribution < 1.29 is 49.1 Å². The van der Waals surface area contributed by atoms with Crippen LogP contribution in [0.15, 0.2) is 109 Å². The molecule has 0 saturated heterocycles. The highest BCUT2D eigenvalue weighted by molar-refractivity contribution is 5.85. The number of aliphatic carboxylic acids is 2. The smallest absolute Gasteiger partial charge is 0.326 e. The Morgan fingerprint density at radius 3 is 0.897 bits per heavy atom. The van der Waals surface area contributed by atoms with Gasteiger partial charge in [-0.15, -0.1) is 0 Å². The highest BCUT2D eigenvalue weighted by Gasteiger charge is 2.30. The van der Waals surface area contributed by atoms with Crippen molar-refractivity contribution in [2.45, 2.75) is 155 Å². The number of phenolic OH excluding ortho intramolecular Hbond substituents is 2. The molecule has 0 aromatic heterocycles. The number of phenols is 2. The highest BCUT2D eigenvalue weighted by Crippen LogP contribution is 2.44. The van der Waals surface area contributed by atoms with Crippen molar-refractivity contribution in [3.8, 4) is 23.0 Å². The number of nitrogens with one attached hydrogen (secondary N) is 2. The van der Waals surface area contributed by atoms with E-state index < -0.39 is 59.9 Å². The van der Waals surface area contributed by atoms with Crippen LogP contribution in [0.1, 0.15) is 161 Å². The molecule has 1 aliphatic carbocycles. The number of ether oxygens (including phenoxy) is 2. The first-order valence-corrected chi connectivity index (χ1v) is 26.9. The summed E-state index contributed by atoms with van der Waals surface area (Å²) in [6.45, 7) is 24.3. The van der Waals surface area contributed by atoms with E-state index in [4.69, 9.17) is 9.47 Å². The second-order valence-electron chi connectivity index (χ2n) is 25.1. The standard InChI is InChI=1S/C66H78N2O10/c1-63(2,3)49-29-41-25-45-33-51(65(7,8)9)35-47(59(45)77-37-55(69)67-53(61(73)74)23-39-19-15-13-16-20-39)27-43-31-50(64(4,5)6)32-44(58(43)72)28-48-36-52(66(10,11)12)34-46(26-42(30-49)57(41)71)60(48)78-38-56(70)68-54(62(75)76)24-40-21-17-14-18-22-40/h13-22,29-36,53-54,71-72H,23-28,37-38H2,1-12H3,(H,67,69)(H,68,70)(H,73,74)(H,75,76)/t53-,54-/m0/s1. The number of hydrogen-bond donors (Lipinski definition) is 6. The molecule has 78 heavy (non-hydrogen) atoms. The van der Waals surface area contributed by atoms with Gasteiger partial charge in [-0.05, 0) is 99.5 Å².